The molecule has 0 unspecified atom stereocenters. The first-order chi connectivity index (χ1) is 12.6. The van der Waals surface area contributed by atoms with Crippen molar-refractivity contribution in [1.29, 1.82) is 0 Å². The molecule has 0 saturated carbocycles. The van der Waals surface area contributed by atoms with Crippen molar-refractivity contribution in [2.75, 3.05) is 40.4 Å². The minimum Gasteiger partial charge on any atom is -0.496 e. The lowest BCUT2D eigenvalue weighted by molar-refractivity contribution is 0.0622. The van der Waals surface area contributed by atoms with Crippen molar-refractivity contribution in [1.82, 2.24) is 9.80 Å². The summed E-state index contributed by atoms with van der Waals surface area (Å²) in [4.78, 5) is 17.0. The highest BCUT2D eigenvalue weighted by Gasteiger charge is 2.27. The second kappa shape index (κ2) is 8.19. The Bertz CT molecular complexity index is 734. The van der Waals surface area contributed by atoms with Crippen LogP contribution in [0.15, 0.2) is 42.5 Å². The van der Waals surface area contributed by atoms with Crippen molar-refractivity contribution in [2.45, 2.75) is 6.54 Å². The molecule has 3 rings (SSSR count). The van der Waals surface area contributed by atoms with E-state index in [1.807, 2.05) is 4.90 Å². The van der Waals surface area contributed by atoms with Gasteiger partial charge in [0.15, 0.2) is 0 Å². The topological polar surface area (TPSA) is 42.0 Å². The normalized spacial score (nSPS) is 15.0. The van der Waals surface area contributed by atoms with Crippen LogP contribution in [-0.4, -0.2) is 56.1 Å². The molecule has 138 valence electrons. The summed E-state index contributed by atoms with van der Waals surface area (Å²) in [5.41, 5.74) is 1.53. The van der Waals surface area contributed by atoms with Crippen molar-refractivity contribution in [3.05, 3.63) is 59.4 Å². The molecular weight excluding hydrogens is 335 g/mol. The number of carbonyl (C=O) groups excluding carboxylic acids is 1. The number of carbonyl (C=O) groups is 1. The molecule has 0 atom stereocenters. The van der Waals surface area contributed by atoms with Crippen LogP contribution in [0.5, 0.6) is 11.5 Å². The zero-order chi connectivity index (χ0) is 18.5. The molecule has 2 aromatic carbocycles. The number of hydrogen-bond acceptors (Lipinski definition) is 4. The van der Waals surface area contributed by atoms with Gasteiger partial charge in [-0.25, -0.2) is 4.39 Å². The van der Waals surface area contributed by atoms with Gasteiger partial charge in [-0.05, 0) is 29.8 Å². The van der Waals surface area contributed by atoms with E-state index in [4.69, 9.17) is 9.47 Å². The van der Waals surface area contributed by atoms with Crippen LogP contribution in [-0.2, 0) is 6.54 Å². The van der Waals surface area contributed by atoms with Gasteiger partial charge in [-0.3, -0.25) is 9.69 Å². The monoisotopic (exact) mass is 358 g/mol. The highest BCUT2D eigenvalue weighted by molar-refractivity contribution is 5.99. The highest BCUT2D eigenvalue weighted by Crippen LogP contribution is 2.29. The minimum atomic E-state index is -0.227. The molecule has 26 heavy (non-hydrogen) atoms. The summed E-state index contributed by atoms with van der Waals surface area (Å²) >= 11 is 0. The third-order valence-electron chi connectivity index (χ3n) is 4.62. The smallest absolute Gasteiger partial charge is 0.261 e. The van der Waals surface area contributed by atoms with Crippen molar-refractivity contribution in [2.24, 2.45) is 0 Å². The maximum Gasteiger partial charge on any atom is 0.261 e. The number of nitrogens with zero attached hydrogens (tertiary/aromatic N) is 2. The van der Waals surface area contributed by atoms with Crippen LogP contribution in [0.25, 0.3) is 0 Å². The third-order valence-corrected chi connectivity index (χ3v) is 4.62. The van der Waals surface area contributed by atoms with Crippen molar-refractivity contribution >= 4 is 5.91 Å². The molecule has 0 radical (unpaired) electrons. The van der Waals surface area contributed by atoms with E-state index in [1.165, 1.54) is 12.1 Å². The SMILES string of the molecule is COc1cccc(OC)c1C(=O)N1CCN(Cc2ccc(F)cc2)CC1. The summed E-state index contributed by atoms with van der Waals surface area (Å²) in [5, 5.41) is 0. The molecule has 5 nitrogen and oxygen atoms in total. The maximum atomic E-state index is 13.0. The fourth-order valence-electron chi connectivity index (χ4n) is 3.18. The number of methoxy groups -OCH3 is 2. The average Bonchev–Trinajstić information content (AvgIpc) is 2.69. The van der Waals surface area contributed by atoms with Crippen LogP contribution in [0.1, 0.15) is 15.9 Å². The second-order valence-electron chi connectivity index (χ2n) is 6.23. The van der Waals surface area contributed by atoms with E-state index >= 15 is 0 Å². The predicted octanol–water partition coefficient (Wildman–Crippen LogP) is 2.80. The molecule has 0 spiro atoms. The van der Waals surface area contributed by atoms with Crippen LogP contribution >= 0.6 is 0 Å². The molecule has 0 bridgehead atoms. The van der Waals surface area contributed by atoms with Gasteiger partial charge in [0.25, 0.3) is 5.91 Å². The van der Waals surface area contributed by atoms with Crippen LogP contribution < -0.4 is 9.47 Å². The maximum absolute atomic E-state index is 13.0. The number of benzene rings is 2. The lowest BCUT2D eigenvalue weighted by Gasteiger charge is -2.35. The first-order valence-corrected chi connectivity index (χ1v) is 8.59. The molecular formula is C20H23FN2O3. The van der Waals surface area contributed by atoms with Gasteiger partial charge in [0.2, 0.25) is 0 Å². The fraction of sp³-hybridized carbons (Fsp3) is 0.350. The Balaban J connectivity index is 1.65. The Morgan fingerprint density at radius 1 is 0.962 bits per heavy atom. The highest BCUT2D eigenvalue weighted by atomic mass is 19.1. The van der Waals surface area contributed by atoms with Gasteiger partial charge in [0, 0.05) is 32.7 Å². The van der Waals surface area contributed by atoms with Crippen molar-refractivity contribution in [3.63, 3.8) is 0 Å². The summed E-state index contributed by atoms with van der Waals surface area (Å²) in [6.07, 6.45) is 0. The number of ether oxygens (including phenoxy) is 2. The standard InChI is InChI=1S/C20H23FN2O3/c1-25-17-4-3-5-18(26-2)19(17)20(24)23-12-10-22(11-13-23)14-15-6-8-16(21)9-7-15/h3-9H,10-14H2,1-2H3. The molecule has 0 aliphatic carbocycles. The zero-order valence-corrected chi connectivity index (χ0v) is 15.1. The summed E-state index contributed by atoms with van der Waals surface area (Å²) in [5.74, 6) is 0.724. The summed E-state index contributed by atoms with van der Waals surface area (Å²) < 4.78 is 23.7. The minimum absolute atomic E-state index is 0.0827. The Morgan fingerprint density at radius 2 is 1.54 bits per heavy atom. The van der Waals surface area contributed by atoms with Crippen LogP contribution in [0.2, 0.25) is 0 Å². The molecule has 1 heterocycles. The molecule has 0 N–H and O–H groups in total. The zero-order valence-electron chi connectivity index (χ0n) is 15.1. The van der Waals surface area contributed by atoms with Gasteiger partial charge in [0.1, 0.15) is 22.9 Å². The fourth-order valence-corrected chi connectivity index (χ4v) is 3.18. The number of halogens is 1. The van der Waals surface area contributed by atoms with E-state index in [0.717, 1.165) is 25.2 Å². The number of rotatable bonds is 5. The third kappa shape index (κ3) is 3.96. The molecule has 1 fully saturated rings. The lowest BCUT2D eigenvalue weighted by atomic mass is 10.1. The molecule has 1 aliphatic rings. The second-order valence-corrected chi connectivity index (χ2v) is 6.23. The van der Waals surface area contributed by atoms with E-state index in [1.54, 1.807) is 44.6 Å². The molecule has 1 amide bonds. The number of piperazine rings is 1. The van der Waals surface area contributed by atoms with E-state index < -0.39 is 0 Å². The quantitative estimate of drug-likeness (QED) is 0.824. The molecule has 0 aromatic heterocycles. The van der Waals surface area contributed by atoms with Gasteiger partial charge in [-0.2, -0.15) is 0 Å². The molecule has 6 heteroatoms. The average molecular weight is 358 g/mol. The first-order valence-electron chi connectivity index (χ1n) is 8.59. The van der Waals surface area contributed by atoms with Gasteiger partial charge < -0.3 is 14.4 Å². The van der Waals surface area contributed by atoms with Crippen LogP contribution in [0.3, 0.4) is 0 Å². The first kappa shape index (κ1) is 18.2. The summed E-state index contributed by atoms with van der Waals surface area (Å²) in [6, 6.07) is 11.9. The van der Waals surface area contributed by atoms with Crippen LogP contribution in [0, 0.1) is 5.82 Å². The summed E-state index contributed by atoms with van der Waals surface area (Å²) in [7, 11) is 3.10. The van der Waals surface area contributed by atoms with Gasteiger partial charge in [0.05, 0.1) is 14.2 Å². The van der Waals surface area contributed by atoms with E-state index in [-0.39, 0.29) is 11.7 Å². The molecule has 2 aromatic rings. The van der Waals surface area contributed by atoms with Gasteiger partial charge in [-0.1, -0.05) is 18.2 Å². The van der Waals surface area contributed by atoms with Crippen molar-refractivity contribution < 1.29 is 18.7 Å². The van der Waals surface area contributed by atoms with E-state index in [2.05, 4.69) is 4.90 Å². The van der Waals surface area contributed by atoms with E-state index in [9.17, 15) is 9.18 Å². The Labute approximate surface area is 152 Å². The van der Waals surface area contributed by atoms with Crippen LogP contribution in [0.4, 0.5) is 4.39 Å². The predicted molar refractivity (Wildman–Crippen MR) is 97.1 cm³/mol. The van der Waals surface area contributed by atoms with Crippen molar-refractivity contribution in [3.8, 4) is 11.5 Å². The molecule has 1 aliphatic heterocycles. The Kier molecular flexibility index (Phi) is 5.73. The Hall–Kier alpha value is -2.60. The number of hydrogen-bond donors (Lipinski definition) is 0. The Morgan fingerprint density at radius 3 is 2.08 bits per heavy atom. The van der Waals surface area contributed by atoms with E-state index in [0.29, 0.717) is 30.2 Å². The summed E-state index contributed by atoms with van der Waals surface area (Å²) in [6.45, 7) is 3.53. The molecule has 1 saturated heterocycles. The lowest BCUT2D eigenvalue weighted by Crippen LogP contribution is -2.48. The largest absolute Gasteiger partial charge is 0.496 e. The van der Waals surface area contributed by atoms with Gasteiger partial charge in [-0.15, -0.1) is 0 Å². The number of amides is 1. The van der Waals surface area contributed by atoms with Gasteiger partial charge >= 0.3 is 0 Å².